The van der Waals surface area contributed by atoms with Crippen molar-refractivity contribution in [3.8, 4) is 5.69 Å². The SMILES string of the molecule is CC1(C)Cc2c(ccn2-c2c(Cl)cc(F)cc2Br)C(O)C1. The van der Waals surface area contributed by atoms with Crippen molar-refractivity contribution in [2.45, 2.75) is 32.8 Å². The molecule has 0 spiro atoms. The lowest BCUT2D eigenvalue weighted by Gasteiger charge is -2.34. The Balaban J connectivity index is 2.19. The molecule has 0 saturated carbocycles. The van der Waals surface area contributed by atoms with Crippen LogP contribution >= 0.6 is 27.5 Å². The number of rotatable bonds is 1. The molecule has 112 valence electrons. The van der Waals surface area contributed by atoms with Crippen molar-refractivity contribution in [3.05, 3.63) is 51.0 Å². The zero-order chi connectivity index (χ0) is 15.4. The fourth-order valence-electron chi connectivity index (χ4n) is 3.10. The third-order valence-corrected chi connectivity index (χ3v) is 4.89. The van der Waals surface area contributed by atoms with E-state index in [0.29, 0.717) is 15.2 Å². The van der Waals surface area contributed by atoms with Crippen LogP contribution in [0.15, 0.2) is 28.9 Å². The van der Waals surface area contributed by atoms with Crippen molar-refractivity contribution in [2.24, 2.45) is 5.41 Å². The first kappa shape index (κ1) is 15.1. The van der Waals surface area contributed by atoms with E-state index < -0.39 is 6.10 Å². The summed E-state index contributed by atoms with van der Waals surface area (Å²) in [7, 11) is 0. The van der Waals surface area contributed by atoms with E-state index in [9.17, 15) is 9.50 Å². The van der Waals surface area contributed by atoms with Crippen LogP contribution in [0, 0.1) is 11.2 Å². The summed E-state index contributed by atoms with van der Waals surface area (Å²) in [5.74, 6) is -0.378. The van der Waals surface area contributed by atoms with Crippen molar-refractivity contribution in [3.63, 3.8) is 0 Å². The molecule has 0 aliphatic heterocycles. The molecule has 1 aliphatic rings. The Bertz CT molecular complexity index is 687. The van der Waals surface area contributed by atoms with Crippen molar-refractivity contribution in [2.75, 3.05) is 0 Å². The zero-order valence-electron chi connectivity index (χ0n) is 11.8. The predicted octanol–water partition coefficient (Wildman–Crippen LogP) is 5.04. The van der Waals surface area contributed by atoms with Gasteiger partial charge in [-0.3, -0.25) is 0 Å². The van der Waals surface area contributed by atoms with Gasteiger partial charge in [0.2, 0.25) is 0 Å². The molecule has 1 aliphatic carbocycles. The number of halogens is 3. The fraction of sp³-hybridized carbons (Fsp3) is 0.375. The minimum Gasteiger partial charge on any atom is -0.388 e. The van der Waals surface area contributed by atoms with Crippen LogP contribution in [0.1, 0.15) is 37.6 Å². The van der Waals surface area contributed by atoms with Gasteiger partial charge in [-0.05, 0) is 52.4 Å². The van der Waals surface area contributed by atoms with Gasteiger partial charge in [-0.25, -0.2) is 4.39 Å². The Morgan fingerprint density at radius 3 is 2.81 bits per heavy atom. The van der Waals surface area contributed by atoms with Crippen LogP contribution in [0.5, 0.6) is 0 Å². The first-order valence-corrected chi connectivity index (χ1v) is 7.99. The lowest BCUT2D eigenvalue weighted by Crippen LogP contribution is -2.26. The summed E-state index contributed by atoms with van der Waals surface area (Å²) in [6, 6.07) is 4.62. The monoisotopic (exact) mass is 371 g/mol. The van der Waals surface area contributed by atoms with Crippen molar-refractivity contribution < 1.29 is 9.50 Å². The van der Waals surface area contributed by atoms with E-state index in [4.69, 9.17) is 11.6 Å². The van der Waals surface area contributed by atoms with E-state index in [1.54, 1.807) is 0 Å². The Labute approximate surface area is 136 Å². The van der Waals surface area contributed by atoms with Gasteiger partial charge in [0, 0.05) is 21.9 Å². The maximum absolute atomic E-state index is 13.4. The van der Waals surface area contributed by atoms with Crippen LogP contribution in [-0.2, 0) is 6.42 Å². The second-order valence-electron chi connectivity index (χ2n) is 6.37. The number of aliphatic hydroxyl groups is 1. The Morgan fingerprint density at radius 1 is 1.43 bits per heavy atom. The smallest absolute Gasteiger partial charge is 0.125 e. The molecule has 0 amide bonds. The van der Waals surface area contributed by atoms with Crippen LogP contribution in [-0.4, -0.2) is 9.67 Å². The minimum absolute atomic E-state index is 0.0154. The normalized spacial score (nSPS) is 20.4. The summed E-state index contributed by atoms with van der Waals surface area (Å²) in [5, 5.41) is 10.7. The maximum atomic E-state index is 13.4. The summed E-state index contributed by atoms with van der Waals surface area (Å²) in [6.07, 6.45) is 3.00. The number of hydrogen-bond donors (Lipinski definition) is 1. The third-order valence-electron chi connectivity index (χ3n) is 4.00. The molecule has 2 nitrogen and oxygen atoms in total. The number of hydrogen-bond acceptors (Lipinski definition) is 1. The average Bonchev–Trinajstić information content (AvgIpc) is 2.70. The summed E-state index contributed by atoms with van der Waals surface area (Å²) in [6.45, 7) is 4.27. The Kier molecular flexibility index (Phi) is 3.67. The van der Waals surface area contributed by atoms with Gasteiger partial charge in [0.25, 0.3) is 0 Å². The van der Waals surface area contributed by atoms with Gasteiger partial charge in [-0.2, -0.15) is 0 Å². The molecule has 2 aromatic rings. The van der Waals surface area contributed by atoms with Crippen molar-refractivity contribution in [1.29, 1.82) is 0 Å². The predicted molar refractivity (Wildman–Crippen MR) is 85.5 cm³/mol. The Hall–Kier alpha value is -0.840. The Morgan fingerprint density at radius 2 is 2.14 bits per heavy atom. The third kappa shape index (κ3) is 2.65. The summed E-state index contributed by atoms with van der Waals surface area (Å²) in [4.78, 5) is 0. The standard InChI is InChI=1S/C16H16BrClFNO/c1-16(2)7-13-10(14(21)8-16)3-4-20(13)15-11(17)5-9(19)6-12(15)18/h3-6,14,21H,7-8H2,1-2H3. The lowest BCUT2D eigenvalue weighted by atomic mass is 9.75. The molecule has 1 atom stereocenters. The summed E-state index contributed by atoms with van der Waals surface area (Å²) >= 11 is 9.61. The van der Waals surface area contributed by atoms with Gasteiger partial charge < -0.3 is 9.67 Å². The molecule has 0 saturated heterocycles. The molecule has 1 unspecified atom stereocenters. The largest absolute Gasteiger partial charge is 0.388 e. The zero-order valence-corrected chi connectivity index (χ0v) is 14.2. The topological polar surface area (TPSA) is 25.2 Å². The molecular weight excluding hydrogens is 357 g/mol. The van der Waals surface area contributed by atoms with Crippen molar-refractivity contribution >= 4 is 27.5 Å². The maximum Gasteiger partial charge on any atom is 0.125 e. The van der Waals surface area contributed by atoms with Crippen LogP contribution in [0.3, 0.4) is 0 Å². The molecule has 1 heterocycles. The number of aromatic nitrogens is 1. The van der Waals surface area contributed by atoms with Crippen LogP contribution in [0.2, 0.25) is 5.02 Å². The molecule has 1 aromatic carbocycles. The van der Waals surface area contributed by atoms with Crippen LogP contribution in [0.4, 0.5) is 4.39 Å². The molecule has 3 rings (SSSR count). The molecular formula is C16H16BrClFNO. The molecule has 0 radical (unpaired) electrons. The van der Waals surface area contributed by atoms with Gasteiger partial charge in [-0.15, -0.1) is 0 Å². The second kappa shape index (κ2) is 5.11. The quantitative estimate of drug-likeness (QED) is 0.745. The highest BCUT2D eigenvalue weighted by molar-refractivity contribution is 9.10. The van der Waals surface area contributed by atoms with E-state index >= 15 is 0 Å². The minimum atomic E-state index is -0.469. The summed E-state index contributed by atoms with van der Waals surface area (Å²) < 4.78 is 16.0. The number of nitrogens with zero attached hydrogens (tertiary/aromatic N) is 1. The van der Waals surface area contributed by atoms with Crippen LogP contribution < -0.4 is 0 Å². The van der Waals surface area contributed by atoms with Gasteiger partial charge in [0.05, 0.1) is 16.8 Å². The molecule has 0 fully saturated rings. The molecule has 1 aromatic heterocycles. The summed E-state index contributed by atoms with van der Waals surface area (Å²) in [5.41, 5.74) is 2.69. The van der Waals surface area contributed by atoms with Gasteiger partial charge in [0.15, 0.2) is 0 Å². The lowest BCUT2D eigenvalue weighted by molar-refractivity contribution is 0.0987. The molecule has 0 bridgehead atoms. The van der Waals surface area contributed by atoms with Gasteiger partial charge >= 0.3 is 0 Å². The average molecular weight is 373 g/mol. The number of aliphatic hydroxyl groups excluding tert-OH is 1. The van der Waals surface area contributed by atoms with E-state index in [1.165, 1.54) is 12.1 Å². The van der Waals surface area contributed by atoms with E-state index in [1.807, 2.05) is 16.8 Å². The second-order valence-corrected chi connectivity index (χ2v) is 7.63. The van der Waals surface area contributed by atoms with Crippen LogP contribution in [0.25, 0.3) is 5.69 Å². The fourth-order valence-corrected chi connectivity index (χ4v) is 4.14. The van der Waals surface area contributed by atoms with E-state index in [2.05, 4.69) is 29.8 Å². The van der Waals surface area contributed by atoms with Gasteiger partial charge in [0.1, 0.15) is 5.82 Å². The van der Waals surface area contributed by atoms with E-state index in [-0.39, 0.29) is 11.2 Å². The molecule has 1 N–H and O–H groups in total. The molecule has 21 heavy (non-hydrogen) atoms. The number of benzene rings is 1. The molecule has 5 heteroatoms. The first-order chi connectivity index (χ1) is 9.78. The first-order valence-electron chi connectivity index (χ1n) is 6.81. The highest BCUT2D eigenvalue weighted by atomic mass is 79.9. The number of fused-ring (bicyclic) bond motifs is 1. The highest BCUT2D eigenvalue weighted by Gasteiger charge is 2.34. The van der Waals surface area contributed by atoms with Gasteiger partial charge in [-0.1, -0.05) is 25.4 Å². The van der Waals surface area contributed by atoms with Crippen molar-refractivity contribution in [1.82, 2.24) is 4.57 Å². The van der Waals surface area contributed by atoms with E-state index in [0.717, 1.165) is 24.1 Å². The highest BCUT2D eigenvalue weighted by Crippen LogP contribution is 2.43.